The standard InChI is InChI=1S/C22H25N5O2S2/c1-4-14(2)18(24-21(29)23-16-10-12-17(30-3)13-11-16)19(28)25-22-27-26-20(31-22)15-8-6-5-7-9-15/h5-14,18H,4H2,1-3H3,(H2,23,24,29)(H,25,27,28)/t14-,18-/m1/s1. The molecule has 3 rings (SSSR count). The molecule has 0 radical (unpaired) electrons. The molecule has 0 saturated carbocycles. The lowest BCUT2D eigenvalue weighted by Gasteiger charge is -2.23. The van der Waals surface area contributed by atoms with Crippen LogP contribution in [0.2, 0.25) is 0 Å². The van der Waals surface area contributed by atoms with Gasteiger partial charge < -0.3 is 10.6 Å². The van der Waals surface area contributed by atoms with Crippen LogP contribution in [0.5, 0.6) is 0 Å². The van der Waals surface area contributed by atoms with Gasteiger partial charge in [0.1, 0.15) is 11.0 Å². The second kappa shape index (κ2) is 10.9. The normalized spacial score (nSPS) is 12.6. The number of hydrogen-bond donors (Lipinski definition) is 3. The Morgan fingerprint density at radius 3 is 2.39 bits per heavy atom. The summed E-state index contributed by atoms with van der Waals surface area (Å²) in [4.78, 5) is 26.5. The van der Waals surface area contributed by atoms with Crippen LogP contribution in [0.15, 0.2) is 59.5 Å². The number of nitrogens with zero attached hydrogens (tertiary/aromatic N) is 2. The predicted molar refractivity (Wildman–Crippen MR) is 128 cm³/mol. The summed E-state index contributed by atoms with van der Waals surface area (Å²) in [6.45, 7) is 3.90. The van der Waals surface area contributed by atoms with Crippen molar-refractivity contribution >= 4 is 45.9 Å². The number of carbonyl (C=O) groups is 2. The van der Waals surface area contributed by atoms with E-state index < -0.39 is 12.1 Å². The smallest absolute Gasteiger partial charge is 0.319 e. The molecule has 162 valence electrons. The van der Waals surface area contributed by atoms with E-state index in [0.717, 1.165) is 21.9 Å². The van der Waals surface area contributed by atoms with Crippen molar-refractivity contribution in [1.29, 1.82) is 0 Å². The summed E-state index contributed by atoms with van der Waals surface area (Å²) < 4.78 is 0. The molecule has 0 fully saturated rings. The Kier molecular flexibility index (Phi) is 8.02. The fourth-order valence-electron chi connectivity index (χ4n) is 2.84. The first-order chi connectivity index (χ1) is 15.0. The molecule has 0 aliphatic rings. The van der Waals surface area contributed by atoms with Gasteiger partial charge in [-0.2, -0.15) is 0 Å². The van der Waals surface area contributed by atoms with Crippen LogP contribution in [0.3, 0.4) is 0 Å². The highest BCUT2D eigenvalue weighted by Gasteiger charge is 2.27. The number of amides is 3. The minimum atomic E-state index is -0.709. The van der Waals surface area contributed by atoms with E-state index in [1.165, 1.54) is 11.3 Å². The molecule has 0 aliphatic heterocycles. The first kappa shape index (κ1) is 22.8. The van der Waals surface area contributed by atoms with Crippen LogP contribution in [0.1, 0.15) is 20.3 Å². The van der Waals surface area contributed by atoms with Gasteiger partial charge in [0.25, 0.3) is 0 Å². The molecular weight excluding hydrogens is 430 g/mol. The zero-order valence-electron chi connectivity index (χ0n) is 17.6. The Labute approximate surface area is 190 Å². The first-order valence-corrected chi connectivity index (χ1v) is 12.0. The summed E-state index contributed by atoms with van der Waals surface area (Å²) in [6, 6.07) is 16.0. The summed E-state index contributed by atoms with van der Waals surface area (Å²) in [6.07, 6.45) is 2.72. The zero-order valence-corrected chi connectivity index (χ0v) is 19.2. The maximum atomic E-state index is 12.9. The average Bonchev–Trinajstić information content (AvgIpc) is 3.26. The highest BCUT2D eigenvalue weighted by molar-refractivity contribution is 7.98. The molecule has 7 nitrogen and oxygen atoms in total. The summed E-state index contributed by atoms with van der Waals surface area (Å²) in [5.41, 5.74) is 1.60. The van der Waals surface area contributed by atoms with Crippen molar-refractivity contribution in [2.45, 2.75) is 31.2 Å². The van der Waals surface area contributed by atoms with E-state index in [0.29, 0.717) is 10.8 Å². The van der Waals surface area contributed by atoms with Crippen LogP contribution < -0.4 is 16.0 Å². The minimum Gasteiger partial charge on any atom is -0.326 e. The van der Waals surface area contributed by atoms with Gasteiger partial charge in [0, 0.05) is 16.1 Å². The lowest BCUT2D eigenvalue weighted by molar-refractivity contribution is -0.119. The van der Waals surface area contributed by atoms with E-state index in [9.17, 15) is 9.59 Å². The van der Waals surface area contributed by atoms with E-state index in [4.69, 9.17) is 0 Å². The van der Waals surface area contributed by atoms with Gasteiger partial charge in [-0.15, -0.1) is 22.0 Å². The van der Waals surface area contributed by atoms with Crippen molar-refractivity contribution in [2.24, 2.45) is 5.92 Å². The number of aromatic nitrogens is 2. The third-order valence-electron chi connectivity index (χ3n) is 4.81. The summed E-state index contributed by atoms with van der Waals surface area (Å²) in [5, 5.41) is 17.7. The molecule has 31 heavy (non-hydrogen) atoms. The second-order valence-electron chi connectivity index (χ2n) is 6.96. The fourth-order valence-corrected chi connectivity index (χ4v) is 4.00. The molecule has 9 heteroatoms. The number of anilines is 2. The van der Waals surface area contributed by atoms with Crippen LogP contribution in [-0.2, 0) is 4.79 Å². The summed E-state index contributed by atoms with van der Waals surface area (Å²) in [7, 11) is 0. The quantitative estimate of drug-likeness (QED) is 0.411. The SMILES string of the molecule is CC[C@@H](C)[C@@H](NC(=O)Nc1ccc(SC)cc1)C(=O)Nc1nnc(-c2ccccc2)s1. The largest absolute Gasteiger partial charge is 0.326 e. The maximum absolute atomic E-state index is 12.9. The van der Waals surface area contributed by atoms with Crippen LogP contribution in [0.4, 0.5) is 15.6 Å². The number of thioether (sulfide) groups is 1. The monoisotopic (exact) mass is 455 g/mol. The Bertz CT molecular complexity index is 1010. The third-order valence-corrected chi connectivity index (χ3v) is 6.44. The van der Waals surface area contributed by atoms with E-state index in [2.05, 4.69) is 26.1 Å². The van der Waals surface area contributed by atoms with Gasteiger partial charge in [-0.1, -0.05) is 61.9 Å². The number of rotatable bonds is 8. The van der Waals surface area contributed by atoms with Crippen molar-refractivity contribution in [3.63, 3.8) is 0 Å². The minimum absolute atomic E-state index is 0.0638. The Morgan fingerprint density at radius 2 is 1.74 bits per heavy atom. The summed E-state index contributed by atoms with van der Waals surface area (Å²) in [5.74, 6) is -0.385. The van der Waals surface area contributed by atoms with Crippen LogP contribution >= 0.6 is 23.1 Å². The van der Waals surface area contributed by atoms with Crippen LogP contribution in [-0.4, -0.2) is 34.4 Å². The lowest BCUT2D eigenvalue weighted by Crippen LogP contribution is -2.49. The van der Waals surface area contributed by atoms with Gasteiger partial charge in [-0.3, -0.25) is 10.1 Å². The van der Waals surface area contributed by atoms with Crippen molar-refractivity contribution in [3.05, 3.63) is 54.6 Å². The first-order valence-electron chi connectivity index (χ1n) is 9.91. The molecule has 2 aromatic carbocycles. The molecule has 2 atom stereocenters. The molecule has 3 amide bonds. The Hall–Kier alpha value is -2.91. The van der Waals surface area contributed by atoms with E-state index in [-0.39, 0.29) is 11.8 Å². The molecule has 3 N–H and O–H groups in total. The predicted octanol–water partition coefficient (Wildman–Crippen LogP) is 5.10. The van der Waals surface area contributed by atoms with Crippen LogP contribution in [0, 0.1) is 5.92 Å². The third kappa shape index (κ3) is 6.28. The van der Waals surface area contributed by atoms with Gasteiger partial charge in [0.2, 0.25) is 11.0 Å². The molecular formula is C22H25N5O2S2. The second-order valence-corrected chi connectivity index (χ2v) is 8.81. The zero-order chi connectivity index (χ0) is 22.2. The van der Waals surface area contributed by atoms with Gasteiger partial charge >= 0.3 is 6.03 Å². The molecule has 0 saturated heterocycles. The van der Waals surface area contributed by atoms with E-state index in [1.54, 1.807) is 11.8 Å². The number of benzene rings is 2. The Morgan fingerprint density at radius 1 is 1.03 bits per heavy atom. The molecule has 0 bridgehead atoms. The Balaban J connectivity index is 1.65. The van der Waals surface area contributed by atoms with Crippen molar-refractivity contribution in [3.8, 4) is 10.6 Å². The molecule has 1 aromatic heterocycles. The highest BCUT2D eigenvalue weighted by atomic mass is 32.2. The van der Waals surface area contributed by atoms with Crippen molar-refractivity contribution in [2.75, 3.05) is 16.9 Å². The molecule has 0 unspecified atom stereocenters. The van der Waals surface area contributed by atoms with Gasteiger partial charge in [-0.25, -0.2) is 4.79 Å². The van der Waals surface area contributed by atoms with Crippen LogP contribution in [0.25, 0.3) is 10.6 Å². The molecule has 1 heterocycles. The average molecular weight is 456 g/mol. The molecule has 0 spiro atoms. The van der Waals surface area contributed by atoms with Crippen molar-refractivity contribution < 1.29 is 9.59 Å². The van der Waals surface area contributed by atoms with E-state index >= 15 is 0 Å². The molecule has 0 aliphatic carbocycles. The topological polar surface area (TPSA) is 96.0 Å². The fraction of sp³-hybridized carbons (Fsp3) is 0.273. The van der Waals surface area contributed by atoms with Gasteiger partial charge in [-0.05, 0) is 36.4 Å². The number of nitrogens with one attached hydrogen (secondary N) is 3. The number of carbonyl (C=O) groups excluding carboxylic acids is 2. The maximum Gasteiger partial charge on any atom is 0.319 e. The number of hydrogen-bond acceptors (Lipinski definition) is 6. The summed E-state index contributed by atoms with van der Waals surface area (Å²) >= 11 is 2.92. The number of urea groups is 1. The molecule has 3 aromatic rings. The highest BCUT2D eigenvalue weighted by Crippen LogP contribution is 2.26. The van der Waals surface area contributed by atoms with Gasteiger partial charge in [0.05, 0.1) is 0 Å². The lowest BCUT2D eigenvalue weighted by atomic mass is 9.98. The van der Waals surface area contributed by atoms with E-state index in [1.807, 2.05) is 74.7 Å². The van der Waals surface area contributed by atoms with Crippen molar-refractivity contribution in [1.82, 2.24) is 15.5 Å². The van der Waals surface area contributed by atoms with Gasteiger partial charge in [0.15, 0.2) is 0 Å².